The molecule has 0 aromatic heterocycles. The van der Waals surface area contributed by atoms with Crippen molar-refractivity contribution in [1.29, 1.82) is 0 Å². The lowest BCUT2D eigenvalue weighted by atomic mass is 10.0. The van der Waals surface area contributed by atoms with Crippen molar-refractivity contribution in [1.82, 2.24) is 5.32 Å². The van der Waals surface area contributed by atoms with Gasteiger partial charge in [0.1, 0.15) is 10.6 Å². The van der Waals surface area contributed by atoms with Crippen molar-refractivity contribution in [3.63, 3.8) is 0 Å². The Balaban J connectivity index is 1.70. The average Bonchev–Trinajstić information content (AvgIpc) is 3.46. The summed E-state index contributed by atoms with van der Waals surface area (Å²) >= 11 is 3.15. The summed E-state index contributed by atoms with van der Waals surface area (Å²) in [6.45, 7) is 0.717. The maximum atomic E-state index is 15.1. The van der Waals surface area contributed by atoms with Crippen LogP contribution in [0.1, 0.15) is 34.7 Å². The van der Waals surface area contributed by atoms with E-state index in [1.54, 1.807) is 0 Å². The Labute approximate surface area is 175 Å². The van der Waals surface area contributed by atoms with E-state index in [9.17, 15) is 18.3 Å². The maximum absolute atomic E-state index is 15.1. The first kappa shape index (κ1) is 20.1. The lowest BCUT2D eigenvalue weighted by Crippen LogP contribution is -2.48. The zero-order valence-electron chi connectivity index (χ0n) is 15.1. The highest BCUT2D eigenvalue weighted by Crippen LogP contribution is 2.42. The molecular formula is C19H18BrFN2O5S. The number of phenolic OH excluding ortho intramolecular Hbond substituents is 1. The highest BCUT2D eigenvalue weighted by molar-refractivity contribution is 9.10. The molecule has 0 atom stereocenters. The molecule has 1 aliphatic carbocycles. The highest BCUT2D eigenvalue weighted by Gasteiger charge is 2.30. The smallest absolute Gasteiger partial charge is 0.265 e. The predicted octanol–water partition coefficient (Wildman–Crippen LogP) is 3.10. The van der Waals surface area contributed by atoms with Crippen molar-refractivity contribution >= 4 is 37.5 Å². The van der Waals surface area contributed by atoms with Crippen molar-refractivity contribution in [2.24, 2.45) is 0 Å². The summed E-state index contributed by atoms with van der Waals surface area (Å²) in [5.41, 5.74) is 0.138. The number of amides is 1. The van der Waals surface area contributed by atoms with Crippen LogP contribution in [0.3, 0.4) is 0 Å². The Bertz CT molecular complexity index is 1080. The van der Waals surface area contributed by atoms with Gasteiger partial charge in [0.2, 0.25) is 0 Å². The monoisotopic (exact) mass is 484 g/mol. The van der Waals surface area contributed by atoms with Crippen LogP contribution in [0.4, 0.5) is 10.1 Å². The van der Waals surface area contributed by atoms with Gasteiger partial charge in [-0.15, -0.1) is 0 Å². The van der Waals surface area contributed by atoms with Crippen LogP contribution in [0.2, 0.25) is 0 Å². The first-order valence-electron chi connectivity index (χ1n) is 8.98. The number of aromatic hydroxyl groups is 1. The largest absolute Gasteiger partial charge is 0.507 e. The third-order valence-corrected chi connectivity index (χ3v) is 6.71. The Kier molecular flexibility index (Phi) is 5.26. The van der Waals surface area contributed by atoms with Crippen LogP contribution < -0.4 is 10.0 Å². The molecule has 2 aromatic carbocycles. The third kappa shape index (κ3) is 4.24. The van der Waals surface area contributed by atoms with E-state index in [4.69, 9.17) is 4.74 Å². The van der Waals surface area contributed by atoms with Gasteiger partial charge in [0.05, 0.1) is 30.5 Å². The Morgan fingerprint density at radius 2 is 1.93 bits per heavy atom. The molecule has 1 saturated heterocycles. The van der Waals surface area contributed by atoms with Crippen molar-refractivity contribution in [2.75, 3.05) is 17.9 Å². The molecule has 1 aliphatic heterocycles. The Morgan fingerprint density at radius 3 is 2.55 bits per heavy atom. The first-order valence-corrected chi connectivity index (χ1v) is 11.3. The molecule has 0 bridgehead atoms. The van der Waals surface area contributed by atoms with Gasteiger partial charge in [-0.1, -0.05) is 15.9 Å². The lowest BCUT2D eigenvalue weighted by molar-refractivity contribution is -0.00352. The van der Waals surface area contributed by atoms with E-state index in [2.05, 4.69) is 26.0 Å². The molecule has 0 spiro atoms. The van der Waals surface area contributed by atoms with E-state index in [0.29, 0.717) is 23.2 Å². The number of hydrogen-bond donors (Lipinski definition) is 3. The van der Waals surface area contributed by atoms with E-state index >= 15 is 4.39 Å². The van der Waals surface area contributed by atoms with Crippen molar-refractivity contribution in [3.05, 3.63) is 51.7 Å². The van der Waals surface area contributed by atoms with Gasteiger partial charge in [-0.25, -0.2) is 12.8 Å². The number of nitrogens with one attached hydrogen (secondary N) is 2. The SMILES string of the molecule is O=C(NC1COC1)c1cc(C2CC2)cc(NS(=O)(=O)c2cc(Br)ccc2O)c1F. The van der Waals surface area contributed by atoms with Crippen LogP contribution in [0.15, 0.2) is 39.7 Å². The van der Waals surface area contributed by atoms with Crippen LogP contribution in [0, 0.1) is 5.82 Å². The summed E-state index contributed by atoms with van der Waals surface area (Å²) in [6.07, 6.45) is 1.78. The number of phenols is 1. The number of sulfonamides is 1. The standard InChI is InChI=1S/C19H18BrFN2O5S/c20-12-3-4-16(24)17(7-12)29(26,27)23-15-6-11(10-1-2-10)5-14(18(15)21)19(25)22-13-8-28-9-13/h3-7,10,13,23-24H,1-2,8-9H2,(H,22,25). The van der Waals surface area contributed by atoms with Gasteiger partial charge in [0.25, 0.3) is 15.9 Å². The molecule has 2 aromatic rings. The van der Waals surface area contributed by atoms with Crippen molar-refractivity contribution in [3.8, 4) is 5.75 Å². The molecule has 2 aliphatic rings. The number of anilines is 1. The third-order valence-electron chi connectivity index (χ3n) is 4.82. The Morgan fingerprint density at radius 1 is 1.21 bits per heavy atom. The van der Waals surface area contributed by atoms with E-state index in [1.807, 2.05) is 0 Å². The topological polar surface area (TPSA) is 105 Å². The quantitative estimate of drug-likeness (QED) is 0.584. The fraction of sp³-hybridized carbons (Fsp3) is 0.316. The van der Waals surface area contributed by atoms with Gasteiger partial charge in [0, 0.05) is 4.47 Å². The predicted molar refractivity (Wildman–Crippen MR) is 107 cm³/mol. The van der Waals surface area contributed by atoms with Gasteiger partial charge in [-0.2, -0.15) is 0 Å². The fourth-order valence-electron chi connectivity index (χ4n) is 3.02. The van der Waals surface area contributed by atoms with Crippen molar-refractivity contribution < 1.29 is 27.4 Å². The van der Waals surface area contributed by atoms with Crippen LogP contribution >= 0.6 is 15.9 Å². The molecule has 154 valence electrons. The molecule has 1 heterocycles. The molecule has 0 unspecified atom stereocenters. The van der Waals surface area contributed by atoms with Gasteiger partial charge in [-0.05, 0) is 54.7 Å². The van der Waals surface area contributed by atoms with Crippen LogP contribution in [0.25, 0.3) is 0 Å². The Hall–Kier alpha value is -2.17. The average molecular weight is 485 g/mol. The summed E-state index contributed by atoms with van der Waals surface area (Å²) in [5.74, 6) is -1.90. The van der Waals surface area contributed by atoms with Gasteiger partial charge < -0.3 is 15.2 Å². The number of carbonyl (C=O) groups excluding carboxylic acids is 1. The normalized spacial score (nSPS) is 16.9. The van der Waals surface area contributed by atoms with Crippen LogP contribution in [-0.2, 0) is 14.8 Å². The second kappa shape index (κ2) is 7.58. The van der Waals surface area contributed by atoms with Gasteiger partial charge in [0.15, 0.2) is 5.82 Å². The number of rotatable bonds is 6. The molecule has 3 N–H and O–H groups in total. The summed E-state index contributed by atoms with van der Waals surface area (Å²) in [5, 5.41) is 12.6. The first-order chi connectivity index (χ1) is 13.7. The number of ether oxygens (including phenoxy) is 1. The zero-order chi connectivity index (χ0) is 20.8. The molecule has 10 heteroatoms. The molecule has 1 amide bonds. The highest BCUT2D eigenvalue weighted by atomic mass is 79.9. The minimum Gasteiger partial charge on any atom is -0.507 e. The second-order valence-electron chi connectivity index (χ2n) is 7.13. The molecule has 7 nitrogen and oxygen atoms in total. The number of hydrogen-bond acceptors (Lipinski definition) is 5. The van der Waals surface area contributed by atoms with Gasteiger partial charge >= 0.3 is 0 Å². The van der Waals surface area contributed by atoms with Crippen molar-refractivity contribution in [2.45, 2.75) is 29.7 Å². The molecule has 0 radical (unpaired) electrons. The van der Waals surface area contributed by atoms with Gasteiger partial charge in [-0.3, -0.25) is 9.52 Å². The molecular weight excluding hydrogens is 467 g/mol. The maximum Gasteiger partial charge on any atom is 0.265 e. The summed E-state index contributed by atoms with van der Waals surface area (Å²) in [6, 6.07) is 6.60. The molecule has 4 rings (SSSR count). The summed E-state index contributed by atoms with van der Waals surface area (Å²) in [4.78, 5) is 12.1. The zero-order valence-corrected chi connectivity index (χ0v) is 17.5. The minimum absolute atomic E-state index is 0.164. The fourth-order valence-corrected chi connectivity index (χ4v) is 4.71. The van der Waals surface area contributed by atoms with E-state index in [0.717, 1.165) is 12.8 Å². The number of benzene rings is 2. The summed E-state index contributed by atoms with van der Waals surface area (Å²) < 4.78 is 48.2. The molecule has 2 fully saturated rings. The summed E-state index contributed by atoms with van der Waals surface area (Å²) in [7, 11) is -4.29. The van der Waals surface area contributed by atoms with Crippen LogP contribution in [-0.4, -0.2) is 38.7 Å². The lowest BCUT2D eigenvalue weighted by Gasteiger charge is -2.27. The second-order valence-corrected chi connectivity index (χ2v) is 9.70. The van der Waals surface area contributed by atoms with E-state index < -0.39 is 32.4 Å². The van der Waals surface area contributed by atoms with E-state index in [1.165, 1.54) is 30.3 Å². The number of halogens is 2. The number of carbonyl (C=O) groups is 1. The van der Waals surface area contributed by atoms with E-state index in [-0.39, 0.29) is 23.2 Å². The van der Waals surface area contributed by atoms with Crippen LogP contribution in [0.5, 0.6) is 5.75 Å². The molecule has 29 heavy (non-hydrogen) atoms. The molecule has 1 saturated carbocycles. The minimum atomic E-state index is -4.29.